The SMILES string of the molecule is COc1ccc(CN2C(=O)SC[C@H]2C2(OC)CC(OC(=O)c3cc(C)ccc3-c3cccs3)CCO2)cc1. The standard InChI is InChI=1S/C29H31NO6S2/c1-19-6-11-23(25-5-4-14-37-25)24(15-19)27(31)36-22-12-13-35-29(16-22,34-3)26-18-38-28(32)30(26)17-20-7-9-21(33-2)10-8-20/h4-11,14-15,22,26H,12-13,16-18H2,1-3H3/t22?,26-,29?/m0/s1. The zero-order chi connectivity index (χ0) is 26.7. The highest BCUT2D eigenvalue weighted by molar-refractivity contribution is 8.13. The minimum absolute atomic E-state index is 0.0229. The van der Waals surface area contributed by atoms with Gasteiger partial charge < -0.3 is 23.8 Å². The van der Waals surface area contributed by atoms with E-state index in [9.17, 15) is 9.59 Å². The molecule has 1 aromatic heterocycles. The van der Waals surface area contributed by atoms with Crippen molar-refractivity contribution in [2.24, 2.45) is 0 Å². The van der Waals surface area contributed by atoms with Crippen LogP contribution in [0, 0.1) is 6.92 Å². The second kappa shape index (κ2) is 11.5. The number of carbonyl (C=O) groups excluding carboxylic acids is 2. The molecule has 0 saturated carbocycles. The van der Waals surface area contributed by atoms with E-state index < -0.39 is 11.9 Å². The zero-order valence-corrected chi connectivity index (χ0v) is 23.3. The lowest BCUT2D eigenvalue weighted by atomic mass is 9.94. The van der Waals surface area contributed by atoms with E-state index in [-0.39, 0.29) is 17.3 Å². The number of hydrogen-bond donors (Lipinski definition) is 0. The Kier molecular flexibility index (Phi) is 8.09. The third kappa shape index (κ3) is 5.47. The average molecular weight is 554 g/mol. The summed E-state index contributed by atoms with van der Waals surface area (Å²) in [6.45, 7) is 2.75. The van der Waals surface area contributed by atoms with E-state index in [0.29, 0.717) is 37.3 Å². The molecule has 3 heterocycles. The predicted octanol–water partition coefficient (Wildman–Crippen LogP) is 6.15. The van der Waals surface area contributed by atoms with Crippen LogP contribution in [-0.2, 0) is 20.8 Å². The quantitative estimate of drug-likeness (QED) is 0.310. The number of aryl methyl sites for hydroxylation is 1. The van der Waals surface area contributed by atoms with Crippen LogP contribution in [0.3, 0.4) is 0 Å². The topological polar surface area (TPSA) is 74.3 Å². The molecule has 0 N–H and O–H groups in total. The molecule has 0 spiro atoms. The number of thioether (sulfide) groups is 1. The Balaban J connectivity index is 1.34. The molecule has 2 fully saturated rings. The summed E-state index contributed by atoms with van der Waals surface area (Å²) in [6, 6.07) is 17.2. The molecule has 0 radical (unpaired) electrons. The molecule has 9 heteroatoms. The Morgan fingerprint density at radius 3 is 2.68 bits per heavy atom. The number of carbonyl (C=O) groups is 2. The average Bonchev–Trinajstić information content (AvgIpc) is 3.60. The number of ether oxygens (including phenoxy) is 4. The summed E-state index contributed by atoms with van der Waals surface area (Å²) in [5.74, 6) is -0.139. The van der Waals surface area contributed by atoms with Crippen LogP contribution in [0.1, 0.15) is 34.3 Å². The van der Waals surface area contributed by atoms with Crippen LogP contribution in [0.4, 0.5) is 4.79 Å². The second-order valence-corrected chi connectivity index (χ2v) is 11.4. The lowest BCUT2D eigenvalue weighted by molar-refractivity contribution is -0.280. The van der Waals surface area contributed by atoms with Gasteiger partial charge in [-0.1, -0.05) is 47.7 Å². The van der Waals surface area contributed by atoms with Gasteiger partial charge in [0.1, 0.15) is 11.9 Å². The summed E-state index contributed by atoms with van der Waals surface area (Å²) < 4.78 is 23.6. The molecular weight excluding hydrogens is 522 g/mol. The number of hydrogen-bond acceptors (Lipinski definition) is 8. The highest BCUT2D eigenvalue weighted by atomic mass is 32.2. The van der Waals surface area contributed by atoms with Crippen molar-refractivity contribution >= 4 is 34.3 Å². The Morgan fingerprint density at radius 1 is 1.16 bits per heavy atom. The molecule has 2 aromatic carbocycles. The van der Waals surface area contributed by atoms with Crippen LogP contribution in [0.2, 0.25) is 0 Å². The van der Waals surface area contributed by atoms with Crippen molar-refractivity contribution in [1.29, 1.82) is 0 Å². The summed E-state index contributed by atoms with van der Waals surface area (Å²) in [4.78, 5) is 29.2. The Hall–Kier alpha value is -2.85. The van der Waals surface area contributed by atoms with E-state index >= 15 is 0 Å². The molecule has 3 atom stereocenters. The monoisotopic (exact) mass is 553 g/mol. The molecule has 5 rings (SSSR count). The van der Waals surface area contributed by atoms with Gasteiger partial charge in [-0.05, 0) is 42.1 Å². The maximum Gasteiger partial charge on any atom is 0.339 e. The van der Waals surface area contributed by atoms with Crippen molar-refractivity contribution in [2.45, 2.75) is 44.2 Å². The number of thiophene rings is 1. The first-order valence-corrected chi connectivity index (χ1v) is 14.4. The zero-order valence-electron chi connectivity index (χ0n) is 21.7. The Labute approximate surface area is 231 Å². The molecule has 2 unspecified atom stereocenters. The minimum atomic E-state index is -1.07. The number of methoxy groups -OCH3 is 2. The lowest BCUT2D eigenvalue weighted by Crippen LogP contribution is -2.58. The van der Waals surface area contributed by atoms with Crippen molar-refractivity contribution < 1.29 is 28.5 Å². The molecule has 3 aromatic rings. The normalized spacial score (nSPS) is 23.4. The van der Waals surface area contributed by atoms with E-state index in [2.05, 4.69) is 0 Å². The van der Waals surface area contributed by atoms with Crippen molar-refractivity contribution in [3.05, 3.63) is 76.7 Å². The van der Waals surface area contributed by atoms with Crippen LogP contribution in [0.5, 0.6) is 5.75 Å². The van der Waals surface area contributed by atoms with Gasteiger partial charge in [0.05, 0.1) is 25.3 Å². The van der Waals surface area contributed by atoms with Gasteiger partial charge in [-0.3, -0.25) is 4.79 Å². The molecule has 2 aliphatic rings. The van der Waals surface area contributed by atoms with E-state index in [1.54, 1.807) is 30.5 Å². The molecule has 200 valence electrons. The fourth-order valence-electron chi connectivity index (χ4n) is 5.06. The molecule has 0 aliphatic carbocycles. The highest BCUT2D eigenvalue weighted by Gasteiger charge is 2.52. The fraction of sp³-hybridized carbons (Fsp3) is 0.379. The van der Waals surface area contributed by atoms with Gasteiger partial charge in [-0.25, -0.2) is 4.79 Å². The summed E-state index contributed by atoms with van der Waals surface area (Å²) >= 11 is 2.85. The first-order chi connectivity index (χ1) is 18.4. The largest absolute Gasteiger partial charge is 0.497 e. The third-order valence-electron chi connectivity index (χ3n) is 7.09. The smallest absolute Gasteiger partial charge is 0.339 e. The van der Waals surface area contributed by atoms with Crippen molar-refractivity contribution in [3.8, 4) is 16.2 Å². The van der Waals surface area contributed by atoms with Crippen LogP contribution >= 0.6 is 23.1 Å². The summed E-state index contributed by atoms with van der Waals surface area (Å²) in [7, 11) is 3.22. The minimum Gasteiger partial charge on any atom is -0.497 e. The van der Waals surface area contributed by atoms with Gasteiger partial charge in [0.2, 0.25) is 0 Å². The van der Waals surface area contributed by atoms with Gasteiger partial charge >= 0.3 is 5.97 Å². The number of amides is 1. The molecule has 38 heavy (non-hydrogen) atoms. The Bertz CT molecular complexity index is 1280. The summed E-state index contributed by atoms with van der Waals surface area (Å²) in [5.41, 5.74) is 3.39. The van der Waals surface area contributed by atoms with Gasteiger partial charge in [-0.15, -0.1) is 11.3 Å². The molecule has 1 amide bonds. The van der Waals surface area contributed by atoms with Crippen LogP contribution in [0.15, 0.2) is 60.0 Å². The number of benzene rings is 2. The van der Waals surface area contributed by atoms with Gasteiger partial charge in [0, 0.05) is 42.7 Å². The maximum atomic E-state index is 13.4. The number of nitrogens with zero attached hydrogens (tertiary/aromatic N) is 1. The second-order valence-electron chi connectivity index (χ2n) is 9.48. The van der Waals surface area contributed by atoms with E-state index in [1.807, 2.05) is 66.9 Å². The summed E-state index contributed by atoms with van der Waals surface area (Å²) in [6.07, 6.45) is 0.493. The third-order valence-corrected chi connectivity index (χ3v) is 8.96. The van der Waals surface area contributed by atoms with E-state index in [0.717, 1.165) is 27.3 Å². The van der Waals surface area contributed by atoms with Crippen molar-refractivity contribution in [3.63, 3.8) is 0 Å². The molecule has 2 aliphatic heterocycles. The van der Waals surface area contributed by atoms with Gasteiger partial charge in [-0.2, -0.15) is 0 Å². The number of esters is 1. The molecule has 0 bridgehead atoms. The Morgan fingerprint density at radius 2 is 1.97 bits per heavy atom. The first-order valence-electron chi connectivity index (χ1n) is 12.5. The summed E-state index contributed by atoms with van der Waals surface area (Å²) in [5, 5.41) is 1.97. The van der Waals surface area contributed by atoms with E-state index in [4.69, 9.17) is 18.9 Å². The van der Waals surface area contributed by atoms with Crippen molar-refractivity contribution in [2.75, 3.05) is 26.6 Å². The highest BCUT2D eigenvalue weighted by Crippen LogP contribution is 2.41. The predicted molar refractivity (Wildman–Crippen MR) is 149 cm³/mol. The molecule has 2 saturated heterocycles. The lowest BCUT2D eigenvalue weighted by Gasteiger charge is -2.45. The first kappa shape index (κ1) is 26.7. The fourth-order valence-corrected chi connectivity index (χ4v) is 6.92. The van der Waals surface area contributed by atoms with Gasteiger partial charge in [0.25, 0.3) is 5.24 Å². The number of rotatable bonds is 8. The molecule has 7 nitrogen and oxygen atoms in total. The van der Waals surface area contributed by atoms with Crippen LogP contribution in [-0.4, -0.2) is 60.6 Å². The van der Waals surface area contributed by atoms with E-state index in [1.165, 1.54) is 11.8 Å². The maximum absolute atomic E-state index is 13.4. The van der Waals surface area contributed by atoms with Crippen molar-refractivity contribution in [1.82, 2.24) is 4.90 Å². The van der Waals surface area contributed by atoms with Crippen LogP contribution < -0.4 is 4.74 Å². The van der Waals surface area contributed by atoms with Gasteiger partial charge in [0.15, 0.2) is 5.79 Å². The molecular formula is C29H31NO6S2. The van der Waals surface area contributed by atoms with Crippen LogP contribution in [0.25, 0.3) is 10.4 Å².